The van der Waals surface area contributed by atoms with E-state index >= 15 is 0 Å². The zero-order valence-electron chi connectivity index (χ0n) is 18.1. The van der Waals surface area contributed by atoms with Crippen molar-refractivity contribution in [1.82, 2.24) is 14.9 Å². The third-order valence-corrected chi connectivity index (χ3v) is 6.34. The Hall–Kier alpha value is -3.54. The fourth-order valence-corrected chi connectivity index (χ4v) is 4.69. The van der Waals surface area contributed by atoms with Crippen LogP contribution in [0.2, 0.25) is 0 Å². The number of rotatable bonds is 7. The van der Waals surface area contributed by atoms with Gasteiger partial charge in [-0.25, -0.2) is 0 Å². The van der Waals surface area contributed by atoms with Gasteiger partial charge in [-0.1, -0.05) is 11.2 Å². The topological polar surface area (TPSA) is 83.6 Å². The summed E-state index contributed by atoms with van der Waals surface area (Å²) in [5.74, 6) is 2.32. The van der Waals surface area contributed by atoms with E-state index in [-0.39, 0.29) is 6.54 Å². The van der Waals surface area contributed by atoms with Crippen LogP contribution in [0.25, 0.3) is 11.0 Å². The van der Waals surface area contributed by atoms with E-state index < -0.39 is 11.7 Å². The largest absolute Gasteiger partial charge is 0.495 e. The first kappa shape index (κ1) is 22.3. The van der Waals surface area contributed by atoms with Crippen LogP contribution in [0.15, 0.2) is 46.1 Å². The summed E-state index contributed by atoms with van der Waals surface area (Å²) in [6, 6.07) is 7.23. The maximum absolute atomic E-state index is 12.9. The number of anilines is 1. The number of benzene rings is 2. The summed E-state index contributed by atoms with van der Waals surface area (Å²) < 4.78 is 65.5. The molecule has 0 atom stereocenters. The molecule has 0 saturated heterocycles. The van der Waals surface area contributed by atoms with Crippen LogP contribution in [0.3, 0.4) is 0 Å². The van der Waals surface area contributed by atoms with Crippen molar-refractivity contribution in [3.05, 3.63) is 53.3 Å². The Morgan fingerprint density at radius 2 is 1.97 bits per heavy atom. The molecule has 0 aliphatic carbocycles. The van der Waals surface area contributed by atoms with Gasteiger partial charge in [-0.2, -0.15) is 18.3 Å². The van der Waals surface area contributed by atoms with Crippen molar-refractivity contribution in [1.29, 1.82) is 0 Å². The molecule has 4 aromatic rings. The second kappa shape index (κ2) is 8.67. The van der Waals surface area contributed by atoms with E-state index in [1.165, 1.54) is 16.6 Å². The Morgan fingerprint density at radius 3 is 2.65 bits per heavy atom. The monoisotopic (exact) mass is 492 g/mol. The van der Waals surface area contributed by atoms with Crippen LogP contribution >= 0.6 is 11.9 Å². The van der Waals surface area contributed by atoms with Crippen molar-refractivity contribution < 1.29 is 31.9 Å². The lowest BCUT2D eigenvalue weighted by atomic mass is 10.0. The van der Waals surface area contributed by atoms with E-state index in [0.717, 1.165) is 28.4 Å². The second-order valence-electron chi connectivity index (χ2n) is 7.47. The molecule has 0 spiro atoms. The maximum Gasteiger partial charge on any atom is 0.419 e. The van der Waals surface area contributed by atoms with Crippen LogP contribution < -0.4 is 18.9 Å². The van der Waals surface area contributed by atoms with Gasteiger partial charge in [-0.15, -0.1) is 0 Å². The third kappa shape index (κ3) is 3.98. The Morgan fingerprint density at radius 1 is 1.21 bits per heavy atom. The molecule has 0 fully saturated rings. The molecule has 0 amide bonds. The molecule has 0 saturated carbocycles. The van der Waals surface area contributed by atoms with Crippen molar-refractivity contribution in [3.8, 4) is 17.2 Å². The Balaban J connectivity index is 1.46. The molecular weight excluding hydrogens is 473 g/mol. The van der Waals surface area contributed by atoms with Crippen LogP contribution in [0.1, 0.15) is 16.7 Å². The van der Waals surface area contributed by atoms with Gasteiger partial charge in [0.15, 0.2) is 11.4 Å². The molecule has 1 aliphatic rings. The minimum atomic E-state index is -4.44. The minimum absolute atomic E-state index is 0.147. The van der Waals surface area contributed by atoms with E-state index in [2.05, 4.69) is 15.0 Å². The summed E-state index contributed by atoms with van der Waals surface area (Å²) in [5, 5.41) is 8.66. The van der Waals surface area contributed by atoms with E-state index in [1.54, 1.807) is 20.3 Å². The zero-order chi connectivity index (χ0) is 23.9. The van der Waals surface area contributed by atoms with Crippen molar-refractivity contribution in [3.63, 3.8) is 0 Å². The number of halogens is 3. The summed E-state index contributed by atoms with van der Waals surface area (Å²) in [7, 11) is 3.15. The van der Waals surface area contributed by atoms with Crippen LogP contribution in [-0.4, -0.2) is 35.8 Å². The average Bonchev–Trinajstić information content (AvgIpc) is 3.56. The number of hydrogen-bond acceptors (Lipinski definition) is 8. The number of nitrogens with one attached hydrogen (secondary N) is 1. The van der Waals surface area contributed by atoms with Gasteiger partial charge >= 0.3 is 6.18 Å². The highest BCUT2D eigenvalue weighted by atomic mass is 32.2. The van der Waals surface area contributed by atoms with Gasteiger partial charge < -0.3 is 23.5 Å². The standard InChI is InChI=1S/C22H19F3N4O4S/c1-30-15-4-3-5-16(31-2)20(15)34-28-21-18-17(33-27-21)8-12(14-6-7-32-19(14)18)10-29-11-13(9-26-29)22(23,24)25/h3-5,8-9,11H,6-7,10H2,1-2H3,(H,27,28). The predicted octanol–water partition coefficient (Wildman–Crippen LogP) is 5.16. The van der Waals surface area contributed by atoms with Crippen LogP contribution in [0.4, 0.5) is 19.0 Å². The quantitative estimate of drug-likeness (QED) is 0.354. The second-order valence-corrected chi connectivity index (χ2v) is 8.28. The fourth-order valence-electron chi connectivity index (χ4n) is 3.85. The Bertz CT molecular complexity index is 1330. The molecule has 34 heavy (non-hydrogen) atoms. The molecule has 0 bridgehead atoms. The first-order valence-electron chi connectivity index (χ1n) is 10.2. The third-order valence-electron chi connectivity index (χ3n) is 5.44. The van der Waals surface area contributed by atoms with Crippen molar-refractivity contribution >= 4 is 28.7 Å². The smallest absolute Gasteiger partial charge is 0.419 e. The number of ether oxygens (including phenoxy) is 3. The van der Waals surface area contributed by atoms with Gasteiger partial charge in [0.1, 0.15) is 27.5 Å². The lowest BCUT2D eigenvalue weighted by Gasteiger charge is -2.13. The number of aromatic nitrogens is 3. The van der Waals surface area contributed by atoms with E-state index in [1.807, 2.05) is 18.2 Å². The van der Waals surface area contributed by atoms with Crippen LogP contribution in [-0.2, 0) is 19.1 Å². The first-order valence-corrected chi connectivity index (χ1v) is 11.0. The lowest BCUT2D eigenvalue weighted by molar-refractivity contribution is -0.137. The van der Waals surface area contributed by atoms with Gasteiger partial charge in [0.2, 0.25) is 0 Å². The highest BCUT2D eigenvalue weighted by molar-refractivity contribution is 8.00. The summed E-state index contributed by atoms with van der Waals surface area (Å²) in [6.07, 6.45) is -2.03. The highest BCUT2D eigenvalue weighted by Gasteiger charge is 2.32. The molecule has 5 rings (SSSR count). The molecule has 1 N–H and O–H groups in total. The number of alkyl halides is 3. The molecule has 2 aromatic carbocycles. The molecule has 0 radical (unpaired) electrons. The summed E-state index contributed by atoms with van der Waals surface area (Å²) in [6.45, 7) is 0.598. The van der Waals surface area contributed by atoms with Crippen molar-refractivity contribution in [2.24, 2.45) is 0 Å². The fraction of sp³-hybridized carbons (Fsp3) is 0.273. The lowest BCUT2D eigenvalue weighted by Crippen LogP contribution is -2.05. The summed E-state index contributed by atoms with van der Waals surface area (Å²) in [4.78, 5) is 0.733. The van der Waals surface area contributed by atoms with Gasteiger partial charge in [-0.3, -0.25) is 4.68 Å². The molecule has 3 heterocycles. The van der Waals surface area contributed by atoms with Gasteiger partial charge in [0.25, 0.3) is 0 Å². The molecule has 0 unspecified atom stereocenters. The van der Waals surface area contributed by atoms with E-state index in [0.29, 0.717) is 47.1 Å². The zero-order valence-corrected chi connectivity index (χ0v) is 18.9. The van der Waals surface area contributed by atoms with Crippen molar-refractivity contribution in [2.45, 2.75) is 24.0 Å². The van der Waals surface area contributed by atoms with E-state index in [9.17, 15) is 13.2 Å². The average molecular weight is 492 g/mol. The predicted molar refractivity (Wildman–Crippen MR) is 119 cm³/mol. The van der Waals surface area contributed by atoms with Gasteiger partial charge in [0.05, 0.1) is 39.1 Å². The van der Waals surface area contributed by atoms with Crippen LogP contribution in [0, 0.1) is 0 Å². The molecular formula is C22H19F3N4O4S. The minimum Gasteiger partial charge on any atom is -0.495 e. The van der Waals surface area contributed by atoms with Gasteiger partial charge in [0, 0.05) is 18.2 Å². The SMILES string of the molecule is COc1cccc(OC)c1SNc1noc2cc(Cn3cc(C(F)(F)F)cn3)c3c(c12)OCC3. The number of methoxy groups -OCH3 is 2. The normalized spacial score (nSPS) is 13.1. The Labute approximate surface area is 196 Å². The maximum atomic E-state index is 12.9. The summed E-state index contributed by atoms with van der Waals surface area (Å²) in [5.41, 5.74) is 1.31. The molecule has 12 heteroatoms. The number of nitrogens with zero attached hydrogens (tertiary/aromatic N) is 3. The molecule has 1 aliphatic heterocycles. The van der Waals surface area contributed by atoms with Crippen LogP contribution in [0.5, 0.6) is 17.2 Å². The first-order chi connectivity index (χ1) is 16.4. The molecule has 2 aromatic heterocycles. The molecule has 178 valence electrons. The Kier molecular flexibility index (Phi) is 5.68. The number of fused-ring (bicyclic) bond motifs is 3. The molecule has 8 nitrogen and oxygen atoms in total. The van der Waals surface area contributed by atoms with E-state index in [4.69, 9.17) is 18.7 Å². The number of hydrogen-bond donors (Lipinski definition) is 1. The van der Waals surface area contributed by atoms with Crippen molar-refractivity contribution in [2.75, 3.05) is 25.5 Å². The highest BCUT2D eigenvalue weighted by Crippen LogP contribution is 2.44. The van der Waals surface area contributed by atoms with Gasteiger partial charge in [-0.05, 0) is 35.7 Å². The summed E-state index contributed by atoms with van der Waals surface area (Å²) >= 11 is 1.25.